The number of benzene rings is 2. The van der Waals surface area contributed by atoms with Crippen molar-refractivity contribution in [2.24, 2.45) is 0 Å². The minimum Gasteiger partial charge on any atom is -0.366 e. The molecule has 0 bridgehead atoms. The van der Waals surface area contributed by atoms with Gasteiger partial charge in [0.05, 0.1) is 14.7 Å². The van der Waals surface area contributed by atoms with Crippen molar-refractivity contribution < 1.29 is 13.3 Å². The van der Waals surface area contributed by atoms with E-state index in [1.165, 1.54) is 24.3 Å². The zero-order chi connectivity index (χ0) is 17.2. The Morgan fingerprint density at radius 3 is 2.21 bits per heavy atom. The van der Waals surface area contributed by atoms with Gasteiger partial charge in [-0.2, -0.15) is 0 Å². The predicted molar refractivity (Wildman–Crippen MR) is 91.1 cm³/mol. The van der Waals surface area contributed by atoms with Crippen molar-refractivity contribution >= 4 is 21.2 Å². The maximum atomic E-state index is 12.7. The minimum absolute atomic E-state index is 0.0545. The van der Waals surface area contributed by atoms with Gasteiger partial charge in [0, 0.05) is 19.2 Å². The number of nitrogens with zero attached hydrogens (tertiary/aromatic N) is 2. The zero-order valence-electron chi connectivity index (χ0n) is 13.1. The standard InChI is InChI=1S/C17H18N2O4S/c20-19(21)17-13-15(24(22,23)14-7-3-1-4-8-14)9-10-16(17)18-11-5-2-6-12-18/h1,3-4,7-10,13H,2,5-6,11-12H2. The third-order valence-corrected chi connectivity index (χ3v) is 5.97. The Bertz CT molecular complexity index is 844. The van der Waals surface area contributed by atoms with Crippen molar-refractivity contribution in [1.29, 1.82) is 0 Å². The monoisotopic (exact) mass is 346 g/mol. The van der Waals surface area contributed by atoms with Gasteiger partial charge in [0.1, 0.15) is 5.69 Å². The second kappa shape index (κ2) is 6.60. The SMILES string of the molecule is O=[N+]([O-])c1cc(S(=O)(=O)c2ccccc2)ccc1N1CCCCC1. The highest BCUT2D eigenvalue weighted by Crippen LogP contribution is 2.34. The van der Waals surface area contributed by atoms with E-state index < -0.39 is 14.8 Å². The summed E-state index contributed by atoms with van der Waals surface area (Å²) in [7, 11) is -3.77. The zero-order valence-corrected chi connectivity index (χ0v) is 13.9. The number of nitro groups is 1. The van der Waals surface area contributed by atoms with Crippen LogP contribution in [0.4, 0.5) is 11.4 Å². The van der Waals surface area contributed by atoms with Crippen molar-refractivity contribution in [1.82, 2.24) is 0 Å². The number of sulfone groups is 1. The number of hydrogen-bond donors (Lipinski definition) is 0. The van der Waals surface area contributed by atoms with Crippen molar-refractivity contribution in [3.8, 4) is 0 Å². The van der Waals surface area contributed by atoms with Crippen LogP contribution in [0, 0.1) is 10.1 Å². The molecule has 1 aliphatic heterocycles. The van der Waals surface area contributed by atoms with Crippen LogP contribution in [0.2, 0.25) is 0 Å². The minimum atomic E-state index is -3.77. The van der Waals surface area contributed by atoms with Gasteiger partial charge in [-0.1, -0.05) is 18.2 Å². The molecule has 0 aliphatic carbocycles. The molecule has 6 nitrogen and oxygen atoms in total. The molecule has 0 saturated carbocycles. The summed E-state index contributed by atoms with van der Waals surface area (Å²) < 4.78 is 25.3. The first-order chi connectivity index (χ1) is 11.5. The van der Waals surface area contributed by atoms with Gasteiger partial charge in [-0.3, -0.25) is 10.1 Å². The molecule has 126 valence electrons. The fraction of sp³-hybridized carbons (Fsp3) is 0.294. The number of anilines is 1. The molecule has 2 aromatic carbocycles. The van der Waals surface area contributed by atoms with Crippen molar-refractivity contribution in [3.63, 3.8) is 0 Å². The van der Waals surface area contributed by atoms with E-state index in [4.69, 9.17) is 0 Å². The fourth-order valence-corrected chi connectivity index (χ4v) is 4.26. The van der Waals surface area contributed by atoms with Gasteiger partial charge in [-0.05, 0) is 43.5 Å². The molecular formula is C17H18N2O4S. The molecule has 0 radical (unpaired) electrons. The van der Waals surface area contributed by atoms with E-state index in [2.05, 4.69) is 0 Å². The summed E-state index contributed by atoms with van der Waals surface area (Å²) >= 11 is 0. The Labute approximate surface area is 140 Å². The van der Waals surface area contributed by atoms with E-state index >= 15 is 0 Å². The number of nitro benzene ring substituents is 1. The van der Waals surface area contributed by atoms with Crippen LogP contribution in [0.15, 0.2) is 58.3 Å². The highest BCUT2D eigenvalue weighted by molar-refractivity contribution is 7.91. The van der Waals surface area contributed by atoms with Gasteiger partial charge in [0.25, 0.3) is 5.69 Å². The van der Waals surface area contributed by atoms with Crippen LogP contribution >= 0.6 is 0 Å². The Hall–Kier alpha value is -2.41. The number of hydrogen-bond acceptors (Lipinski definition) is 5. The summed E-state index contributed by atoms with van der Waals surface area (Å²) in [5.74, 6) is 0. The summed E-state index contributed by atoms with van der Waals surface area (Å²) in [5, 5.41) is 11.5. The Morgan fingerprint density at radius 2 is 1.58 bits per heavy atom. The lowest BCUT2D eigenvalue weighted by Gasteiger charge is -2.28. The first-order valence-electron chi connectivity index (χ1n) is 7.84. The van der Waals surface area contributed by atoms with Crippen LogP contribution in [0.5, 0.6) is 0 Å². The normalized spacial score (nSPS) is 15.2. The average molecular weight is 346 g/mol. The van der Waals surface area contributed by atoms with E-state index in [0.717, 1.165) is 32.4 Å². The summed E-state index contributed by atoms with van der Waals surface area (Å²) in [6.07, 6.45) is 3.09. The van der Waals surface area contributed by atoms with Crippen LogP contribution in [0.3, 0.4) is 0 Å². The lowest BCUT2D eigenvalue weighted by atomic mass is 10.1. The Morgan fingerprint density at radius 1 is 0.917 bits per heavy atom. The molecular weight excluding hydrogens is 328 g/mol. The average Bonchev–Trinajstić information content (AvgIpc) is 2.62. The third kappa shape index (κ3) is 3.12. The van der Waals surface area contributed by atoms with Crippen LogP contribution in [0.25, 0.3) is 0 Å². The second-order valence-electron chi connectivity index (χ2n) is 5.77. The molecule has 0 aromatic heterocycles. The first-order valence-corrected chi connectivity index (χ1v) is 9.32. The quantitative estimate of drug-likeness (QED) is 0.626. The van der Waals surface area contributed by atoms with Crippen molar-refractivity contribution in [2.75, 3.05) is 18.0 Å². The van der Waals surface area contributed by atoms with E-state index in [0.29, 0.717) is 5.69 Å². The van der Waals surface area contributed by atoms with E-state index in [1.54, 1.807) is 24.3 Å². The molecule has 0 amide bonds. The second-order valence-corrected chi connectivity index (χ2v) is 7.72. The molecule has 1 heterocycles. The maximum Gasteiger partial charge on any atom is 0.293 e. The van der Waals surface area contributed by atoms with Gasteiger partial charge in [-0.15, -0.1) is 0 Å². The van der Waals surface area contributed by atoms with Gasteiger partial charge >= 0.3 is 0 Å². The molecule has 0 unspecified atom stereocenters. The topological polar surface area (TPSA) is 80.5 Å². The molecule has 7 heteroatoms. The molecule has 2 aromatic rings. The van der Waals surface area contributed by atoms with E-state index in [-0.39, 0.29) is 15.5 Å². The Kier molecular flexibility index (Phi) is 4.53. The molecule has 0 N–H and O–H groups in total. The molecule has 3 rings (SSSR count). The molecule has 0 atom stereocenters. The largest absolute Gasteiger partial charge is 0.366 e. The number of piperidine rings is 1. The first kappa shape index (κ1) is 16.4. The Balaban J connectivity index is 2.05. The molecule has 1 aliphatic rings. The van der Waals surface area contributed by atoms with Crippen molar-refractivity contribution in [3.05, 3.63) is 58.6 Å². The molecule has 1 fully saturated rings. The number of rotatable bonds is 4. The van der Waals surface area contributed by atoms with Crippen molar-refractivity contribution in [2.45, 2.75) is 29.1 Å². The smallest absolute Gasteiger partial charge is 0.293 e. The van der Waals surface area contributed by atoms with E-state index in [9.17, 15) is 18.5 Å². The lowest BCUT2D eigenvalue weighted by Crippen LogP contribution is -2.30. The van der Waals surface area contributed by atoms with E-state index in [1.807, 2.05) is 4.90 Å². The lowest BCUT2D eigenvalue weighted by molar-refractivity contribution is -0.384. The summed E-state index contributed by atoms with van der Waals surface area (Å²) in [5.41, 5.74) is 0.334. The van der Waals surface area contributed by atoms with Crippen LogP contribution in [-0.2, 0) is 9.84 Å². The van der Waals surface area contributed by atoms with Crippen LogP contribution < -0.4 is 4.90 Å². The van der Waals surface area contributed by atoms with Gasteiger partial charge < -0.3 is 4.90 Å². The highest BCUT2D eigenvalue weighted by Gasteiger charge is 2.26. The van der Waals surface area contributed by atoms with Crippen LogP contribution in [0.1, 0.15) is 19.3 Å². The summed E-state index contributed by atoms with van der Waals surface area (Å²) in [6, 6.07) is 12.1. The molecule has 24 heavy (non-hydrogen) atoms. The molecule has 1 saturated heterocycles. The maximum absolute atomic E-state index is 12.7. The van der Waals surface area contributed by atoms with Gasteiger partial charge in [-0.25, -0.2) is 8.42 Å². The van der Waals surface area contributed by atoms with Crippen LogP contribution in [-0.4, -0.2) is 26.4 Å². The highest BCUT2D eigenvalue weighted by atomic mass is 32.2. The van der Waals surface area contributed by atoms with Gasteiger partial charge in [0.15, 0.2) is 0 Å². The third-order valence-electron chi connectivity index (χ3n) is 4.20. The summed E-state index contributed by atoms with van der Waals surface area (Å²) in [6.45, 7) is 1.51. The fourth-order valence-electron chi connectivity index (χ4n) is 2.95. The summed E-state index contributed by atoms with van der Waals surface area (Å²) in [4.78, 5) is 13.0. The molecule has 0 spiro atoms. The predicted octanol–water partition coefficient (Wildman–Crippen LogP) is 3.42. The van der Waals surface area contributed by atoms with Gasteiger partial charge in [0.2, 0.25) is 9.84 Å².